The smallest absolute Gasteiger partial charge is 0.384 e. The number of oxime groups is 1. The van der Waals surface area contributed by atoms with E-state index in [-0.39, 0.29) is 15.1 Å². The molecule has 1 aliphatic heterocycles. The van der Waals surface area contributed by atoms with Crippen LogP contribution >= 0.6 is 46.1 Å². The number of amides is 1. The number of aryl methyl sites for hydroxylation is 1. The number of Topliss-reactive ketones (excluding diaryl/α,β-unsaturated/α-hetero) is 1. The molecule has 0 unspecified atom stereocenters. The van der Waals surface area contributed by atoms with Crippen molar-refractivity contribution in [1.29, 1.82) is 0 Å². The van der Waals surface area contributed by atoms with Gasteiger partial charge in [0.05, 0.1) is 37.8 Å². The van der Waals surface area contributed by atoms with Crippen molar-refractivity contribution in [3.63, 3.8) is 0 Å². The van der Waals surface area contributed by atoms with Gasteiger partial charge in [-0.2, -0.15) is 13.2 Å². The van der Waals surface area contributed by atoms with E-state index < -0.39 is 42.9 Å². The highest BCUT2D eigenvalue weighted by molar-refractivity contribution is 7.16. The van der Waals surface area contributed by atoms with Crippen molar-refractivity contribution in [3.05, 3.63) is 54.1 Å². The maximum Gasteiger partial charge on any atom is 0.389 e. The fourth-order valence-electron chi connectivity index (χ4n) is 3.17. The van der Waals surface area contributed by atoms with Crippen LogP contribution in [0.1, 0.15) is 51.9 Å². The topological polar surface area (TPSA) is 67.8 Å². The van der Waals surface area contributed by atoms with Gasteiger partial charge < -0.3 is 10.2 Å². The van der Waals surface area contributed by atoms with E-state index in [2.05, 4.69) is 10.5 Å². The molecule has 1 aromatic heterocycles. The highest BCUT2D eigenvalue weighted by Crippen LogP contribution is 2.42. The summed E-state index contributed by atoms with van der Waals surface area (Å²) in [5, 5.41) is 7.36. The normalized spacial score (nSPS) is 18.1. The second-order valence-electron chi connectivity index (χ2n) is 7.75. The van der Waals surface area contributed by atoms with Gasteiger partial charge in [0.15, 0.2) is 11.4 Å². The lowest BCUT2D eigenvalue weighted by molar-refractivity contribution is -0.142. The van der Waals surface area contributed by atoms with E-state index in [1.165, 1.54) is 0 Å². The zero-order valence-electron chi connectivity index (χ0n) is 17.4. The summed E-state index contributed by atoms with van der Waals surface area (Å²) in [4.78, 5) is 30.8. The van der Waals surface area contributed by atoms with Crippen molar-refractivity contribution in [3.8, 4) is 0 Å². The molecular weight excluding hydrogens is 524 g/mol. The summed E-state index contributed by atoms with van der Waals surface area (Å²) in [5.74, 6) is -1.23. The van der Waals surface area contributed by atoms with Gasteiger partial charge in [0.25, 0.3) is 5.91 Å². The first-order chi connectivity index (χ1) is 15.3. The van der Waals surface area contributed by atoms with E-state index in [9.17, 15) is 22.8 Å². The second-order valence-corrected chi connectivity index (χ2v) is 9.99. The molecular formula is C21H18Cl3F3N2O3S. The Labute approximate surface area is 206 Å². The molecule has 0 bridgehead atoms. The number of benzene rings is 1. The molecule has 12 heteroatoms. The average Bonchev–Trinajstić information content (AvgIpc) is 3.31. The Morgan fingerprint density at radius 1 is 1.21 bits per heavy atom. The van der Waals surface area contributed by atoms with Crippen molar-refractivity contribution in [2.45, 2.75) is 44.9 Å². The molecule has 0 saturated heterocycles. The molecule has 1 atom stereocenters. The number of rotatable bonds is 7. The van der Waals surface area contributed by atoms with Crippen LogP contribution in [-0.4, -0.2) is 30.1 Å². The molecule has 0 fully saturated rings. The quantitative estimate of drug-likeness (QED) is 0.397. The Balaban J connectivity index is 1.67. The third-order valence-electron chi connectivity index (χ3n) is 5.00. The SMILES string of the molecule is Cc1cc(C2=NO[C@](C)(c3cc(Cl)c(Cl)c(Cl)c3)C2)sc1C(=O)NCC(=O)CCC(F)(F)F. The van der Waals surface area contributed by atoms with Crippen LogP contribution in [0.3, 0.4) is 0 Å². The van der Waals surface area contributed by atoms with Gasteiger partial charge in [-0.3, -0.25) is 9.59 Å². The Kier molecular flexibility index (Phi) is 7.68. The highest BCUT2D eigenvalue weighted by atomic mass is 35.5. The number of carbonyl (C=O) groups excluding carboxylic acids is 2. The zero-order valence-corrected chi connectivity index (χ0v) is 20.5. The van der Waals surface area contributed by atoms with Gasteiger partial charge in [-0.05, 0) is 37.6 Å². The summed E-state index contributed by atoms with van der Waals surface area (Å²) in [6.45, 7) is 3.07. The molecule has 0 aliphatic carbocycles. The van der Waals surface area contributed by atoms with Crippen molar-refractivity contribution in [2.24, 2.45) is 5.16 Å². The predicted molar refractivity (Wildman–Crippen MR) is 123 cm³/mol. The lowest BCUT2D eigenvalue weighted by Crippen LogP contribution is -2.29. The van der Waals surface area contributed by atoms with Crippen molar-refractivity contribution < 1.29 is 27.6 Å². The molecule has 2 heterocycles. The van der Waals surface area contributed by atoms with Gasteiger partial charge in [0.2, 0.25) is 0 Å². The Hall–Kier alpha value is -1.81. The minimum Gasteiger partial charge on any atom is -0.384 e. The monoisotopic (exact) mass is 540 g/mol. The van der Waals surface area contributed by atoms with Gasteiger partial charge in [0, 0.05) is 18.4 Å². The van der Waals surface area contributed by atoms with Gasteiger partial charge in [-0.25, -0.2) is 0 Å². The molecule has 0 saturated carbocycles. The average molecular weight is 542 g/mol. The molecule has 1 amide bonds. The second kappa shape index (κ2) is 9.82. The van der Waals surface area contributed by atoms with Crippen LogP contribution in [0.2, 0.25) is 15.1 Å². The molecule has 178 valence electrons. The number of nitrogens with one attached hydrogen (secondary N) is 1. The van der Waals surface area contributed by atoms with E-state index >= 15 is 0 Å². The van der Waals surface area contributed by atoms with Crippen LogP contribution in [0.15, 0.2) is 23.4 Å². The number of halogens is 6. The van der Waals surface area contributed by atoms with Crippen molar-refractivity contribution in [2.75, 3.05) is 6.54 Å². The number of alkyl halides is 3. The minimum absolute atomic E-state index is 0.242. The molecule has 1 aromatic carbocycles. The number of thiophene rings is 1. The van der Waals surface area contributed by atoms with Crippen LogP contribution in [0, 0.1) is 6.92 Å². The predicted octanol–water partition coefficient (Wildman–Crippen LogP) is 6.70. The molecule has 5 nitrogen and oxygen atoms in total. The molecule has 33 heavy (non-hydrogen) atoms. The Morgan fingerprint density at radius 2 is 1.85 bits per heavy atom. The summed E-state index contributed by atoms with van der Waals surface area (Å²) in [6, 6.07) is 5.08. The number of nitrogens with zero attached hydrogens (tertiary/aromatic N) is 1. The van der Waals surface area contributed by atoms with Gasteiger partial charge in [-0.15, -0.1) is 11.3 Å². The van der Waals surface area contributed by atoms with Crippen molar-refractivity contribution in [1.82, 2.24) is 5.32 Å². The van der Waals surface area contributed by atoms with Crippen LogP contribution in [0.5, 0.6) is 0 Å². The van der Waals surface area contributed by atoms with Gasteiger partial charge in [-0.1, -0.05) is 40.0 Å². The summed E-state index contributed by atoms with van der Waals surface area (Å²) in [7, 11) is 0. The number of hydrogen-bond acceptors (Lipinski definition) is 5. The molecule has 1 aliphatic rings. The van der Waals surface area contributed by atoms with E-state index in [0.717, 1.165) is 11.3 Å². The highest BCUT2D eigenvalue weighted by Gasteiger charge is 2.38. The Morgan fingerprint density at radius 3 is 2.45 bits per heavy atom. The number of carbonyl (C=O) groups is 2. The van der Waals surface area contributed by atoms with E-state index in [4.69, 9.17) is 39.6 Å². The zero-order chi connectivity index (χ0) is 24.6. The maximum atomic E-state index is 12.5. The van der Waals surface area contributed by atoms with Crippen LogP contribution < -0.4 is 5.32 Å². The fourth-order valence-corrected chi connectivity index (χ4v) is 4.83. The van der Waals surface area contributed by atoms with Gasteiger partial charge >= 0.3 is 6.18 Å². The van der Waals surface area contributed by atoms with E-state index in [0.29, 0.717) is 33.0 Å². The molecule has 0 radical (unpaired) electrons. The largest absolute Gasteiger partial charge is 0.389 e. The van der Waals surface area contributed by atoms with Gasteiger partial charge in [0.1, 0.15) is 5.71 Å². The molecule has 2 aromatic rings. The first kappa shape index (κ1) is 25.8. The van der Waals surface area contributed by atoms with Crippen LogP contribution in [0.25, 0.3) is 0 Å². The molecule has 1 N–H and O–H groups in total. The molecule has 3 rings (SSSR count). The summed E-state index contributed by atoms with van der Waals surface area (Å²) in [5.41, 5.74) is 1.08. The number of hydrogen-bond donors (Lipinski definition) is 1. The van der Waals surface area contributed by atoms with E-state index in [1.807, 2.05) is 6.92 Å². The minimum atomic E-state index is -4.42. The lowest BCUT2D eigenvalue weighted by Gasteiger charge is -2.22. The van der Waals surface area contributed by atoms with Crippen molar-refractivity contribution >= 4 is 63.5 Å². The summed E-state index contributed by atoms with van der Waals surface area (Å²) >= 11 is 19.4. The standard InChI is InChI=1S/C21H18Cl3F3N2O3S/c1-10-5-16(33-18(10)19(31)28-9-12(30)3-4-21(25,26)27)15-8-20(2,32-29-15)11-6-13(22)17(24)14(23)7-11/h5-7H,3-4,8-9H2,1-2H3,(H,28,31)/t20-/m0/s1. The van der Waals surface area contributed by atoms with Crippen LogP contribution in [0.4, 0.5) is 13.2 Å². The van der Waals surface area contributed by atoms with Crippen LogP contribution in [-0.2, 0) is 15.2 Å². The first-order valence-corrected chi connectivity index (χ1v) is 11.6. The summed E-state index contributed by atoms with van der Waals surface area (Å²) < 4.78 is 36.7. The first-order valence-electron chi connectivity index (χ1n) is 9.66. The third kappa shape index (κ3) is 6.20. The maximum absolute atomic E-state index is 12.5. The number of ketones is 1. The fraction of sp³-hybridized carbons (Fsp3) is 0.381. The summed E-state index contributed by atoms with van der Waals surface area (Å²) in [6.07, 6.45) is -5.94. The third-order valence-corrected chi connectivity index (χ3v) is 7.48. The lowest BCUT2D eigenvalue weighted by atomic mass is 9.90. The Bertz CT molecular complexity index is 1110. The molecule has 0 spiro atoms. The van der Waals surface area contributed by atoms with E-state index in [1.54, 1.807) is 25.1 Å².